The Bertz CT molecular complexity index is 1420. The fourth-order valence-electron chi connectivity index (χ4n) is 4.04. The van der Waals surface area contributed by atoms with Crippen molar-refractivity contribution in [3.8, 4) is 33.6 Å². The number of hydrogen-bond donors (Lipinski definition) is 0. The minimum absolute atomic E-state index is 0.220. The van der Waals surface area contributed by atoms with Gasteiger partial charge in [0.05, 0.1) is 11.4 Å². The average molecular weight is 454 g/mol. The molecule has 1 aliphatic heterocycles. The van der Waals surface area contributed by atoms with Crippen LogP contribution in [0.25, 0.3) is 39.3 Å². The normalized spacial score (nSPS) is 17.8. The van der Waals surface area contributed by atoms with Crippen LogP contribution in [0.15, 0.2) is 91.0 Å². The Kier molecular flexibility index (Phi) is 4.95. The van der Waals surface area contributed by atoms with Crippen molar-refractivity contribution in [2.45, 2.75) is 19.5 Å². The molecular formula is C27H20ClN3O2. The molecule has 0 aliphatic carbocycles. The van der Waals surface area contributed by atoms with Crippen molar-refractivity contribution in [3.05, 3.63) is 102 Å². The van der Waals surface area contributed by atoms with Gasteiger partial charge in [0, 0.05) is 22.2 Å². The Balaban J connectivity index is 1.47. The summed E-state index contributed by atoms with van der Waals surface area (Å²) in [6, 6.07) is 30.5. The number of nitrogens with zero attached hydrogens (tertiary/aromatic N) is 3. The first kappa shape index (κ1) is 20.1. The summed E-state index contributed by atoms with van der Waals surface area (Å²) in [5.74, 6) is 0. The predicted molar refractivity (Wildman–Crippen MR) is 129 cm³/mol. The summed E-state index contributed by atoms with van der Waals surface area (Å²) in [4.78, 5) is 4.85. The molecule has 1 saturated heterocycles. The second-order valence-electron chi connectivity index (χ2n) is 7.99. The molecule has 2 aromatic heterocycles. The van der Waals surface area contributed by atoms with Crippen molar-refractivity contribution in [1.82, 2.24) is 14.6 Å². The zero-order chi connectivity index (χ0) is 22.4. The summed E-state index contributed by atoms with van der Waals surface area (Å²) >= 11 is 6.10. The smallest absolute Gasteiger partial charge is 0.208 e. The van der Waals surface area contributed by atoms with E-state index < -0.39 is 6.29 Å². The lowest BCUT2D eigenvalue weighted by Gasteiger charge is -2.32. The molecule has 3 heterocycles. The maximum absolute atomic E-state index is 6.10. The summed E-state index contributed by atoms with van der Waals surface area (Å²) in [5, 5.41) is 5.45. The monoisotopic (exact) mass is 453 g/mol. The van der Waals surface area contributed by atoms with Crippen LogP contribution in [0.3, 0.4) is 0 Å². The first-order chi connectivity index (χ1) is 16.1. The predicted octanol–water partition coefficient (Wildman–Crippen LogP) is 6.78. The van der Waals surface area contributed by atoms with Gasteiger partial charge in [0.2, 0.25) is 6.29 Å². The van der Waals surface area contributed by atoms with Crippen molar-refractivity contribution in [2.24, 2.45) is 0 Å². The minimum atomic E-state index is -0.464. The highest BCUT2D eigenvalue weighted by atomic mass is 35.5. The van der Waals surface area contributed by atoms with E-state index in [2.05, 4.69) is 42.5 Å². The van der Waals surface area contributed by atoms with E-state index in [1.54, 1.807) is 0 Å². The van der Waals surface area contributed by atoms with Crippen molar-refractivity contribution >= 4 is 17.2 Å². The van der Waals surface area contributed by atoms with E-state index in [1.165, 1.54) is 5.56 Å². The molecule has 3 aromatic carbocycles. The van der Waals surface area contributed by atoms with Gasteiger partial charge < -0.3 is 9.47 Å². The minimum Gasteiger partial charge on any atom is -0.318 e. The van der Waals surface area contributed by atoms with Gasteiger partial charge in [-0.25, -0.2) is 9.50 Å². The van der Waals surface area contributed by atoms with E-state index in [0.717, 1.165) is 33.7 Å². The standard InChI is InChI=1S/C27H20ClN3O2/c1-17-32-27(33-17)24-16-26-29-23(20-11-13-22(28)14-12-20)15-25(31(26)30-24)21-9-7-19(8-10-21)18-5-3-2-4-6-18/h2-17,27H,1H3. The fraction of sp³-hybridized carbons (Fsp3) is 0.111. The SMILES string of the molecule is CC1OC(c2cc3nc(-c4ccc(Cl)cc4)cc(-c4ccc(-c5ccccc5)cc4)n3n2)O1. The number of aromatic nitrogens is 3. The molecule has 6 heteroatoms. The van der Waals surface area contributed by atoms with Gasteiger partial charge in [-0.2, -0.15) is 5.10 Å². The molecule has 0 saturated carbocycles. The van der Waals surface area contributed by atoms with Gasteiger partial charge in [0.25, 0.3) is 0 Å². The lowest BCUT2D eigenvalue weighted by molar-refractivity contribution is -0.384. The molecule has 162 valence electrons. The Morgan fingerprint density at radius 2 is 1.39 bits per heavy atom. The fourth-order valence-corrected chi connectivity index (χ4v) is 4.17. The molecule has 0 radical (unpaired) electrons. The third kappa shape index (κ3) is 3.80. The summed E-state index contributed by atoms with van der Waals surface area (Å²) in [6.07, 6.45) is -0.684. The van der Waals surface area contributed by atoms with Gasteiger partial charge in [-0.1, -0.05) is 78.3 Å². The zero-order valence-electron chi connectivity index (χ0n) is 17.9. The number of hydrogen-bond acceptors (Lipinski definition) is 4. The zero-order valence-corrected chi connectivity index (χ0v) is 18.6. The van der Waals surface area contributed by atoms with Crippen LogP contribution in [-0.2, 0) is 9.47 Å². The first-order valence-electron chi connectivity index (χ1n) is 10.8. The Morgan fingerprint density at radius 1 is 0.758 bits per heavy atom. The Labute approximate surface area is 196 Å². The highest BCUT2D eigenvalue weighted by molar-refractivity contribution is 6.30. The molecule has 0 unspecified atom stereocenters. The summed E-state index contributed by atoms with van der Waals surface area (Å²) < 4.78 is 13.2. The van der Waals surface area contributed by atoms with Crippen LogP contribution in [0.1, 0.15) is 18.9 Å². The number of ether oxygens (including phenoxy) is 2. The van der Waals surface area contributed by atoms with Crippen molar-refractivity contribution < 1.29 is 9.47 Å². The molecule has 0 N–H and O–H groups in total. The van der Waals surface area contributed by atoms with Crippen molar-refractivity contribution in [3.63, 3.8) is 0 Å². The highest BCUT2D eigenvalue weighted by Crippen LogP contribution is 2.34. The number of benzene rings is 3. The Hall–Kier alpha value is -3.51. The van der Waals surface area contributed by atoms with Crippen LogP contribution in [0.5, 0.6) is 0 Å². The lowest BCUT2D eigenvalue weighted by Crippen LogP contribution is -2.31. The van der Waals surface area contributed by atoms with Gasteiger partial charge in [-0.15, -0.1) is 0 Å². The summed E-state index contributed by atoms with van der Waals surface area (Å²) in [7, 11) is 0. The molecular weight excluding hydrogens is 434 g/mol. The van der Waals surface area contributed by atoms with Crippen LogP contribution in [-0.4, -0.2) is 20.9 Å². The van der Waals surface area contributed by atoms with E-state index in [9.17, 15) is 0 Å². The van der Waals surface area contributed by atoms with E-state index in [4.69, 9.17) is 31.2 Å². The van der Waals surface area contributed by atoms with Crippen LogP contribution in [0.4, 0.5) is 0 Å². The quantitative estimate of drug-likeness (QED) is 0.301. The first-order valence-corrected chi connectivity index (χ1v) is 11.2. The van der Waals surface area contributed by atoms with Crippen molar-refractivity contribution in [2.75, 3.05) is 0 Å². The van der Waals surface area contributed by atoms with Gasteiger partial charge in [0.1, 0.15) is 5.69 Å². The van der Waals surface area contributed by atoms with E-state index in [0.29, 0.717) is 10.7 Å². The van der Waals surface area contributed by atoms with E-state index >= 15 is 0 Å². The number of fused-ring (bicyclic) bond motifs is 1. The van der Waals surface area contributed by atoms with Crippen LogP contribution < -0.4 is 0 Å². The highest BCUT2D eigenvalue weighted by Gasteiger charge is 2.31. The third-order valence-corrected chi connectivity index (χ3v) is 6.00. The summed E-state index contributed by atoms with van der Waals surface area (Å²) in [5.41, 5.74) is 7.57. The van der Waals surface area contributed by atoms with Crippen LogP contribution in [0.2, 0.25) is 5.02 Å². The molecule has 0 spiro atoms. The van der Waals surface area contributed by atoms with Gasteiger partial charge in [-0.3, -0.25) is 0 Å². The largest absolute Gasteiger partial charge is 0.318 e. The van der Waals surface area contributed by atoms with Gasteiger partial charge in [-0.05, 0) is 36.2 Å². The molecule has 1 aliphatic rings. The molecule has 0 bridgehead atoms. The molecule has 5 aromatic rings. The van der Waals surface area contributed by atoms with E-state index in [1.807, 2.05) is 60.0 Å². The van der Waals surface area contributed by atoms with Crippen LogP contribution >= 0.6 is 11.6 Å². The molecule has 0 amide bonds. The number of halogens is 1. The average Bonchev–Trinajstić information content (AvgIpc) is 3.26. The summed E-state index contributed by atoms with van der Waals surface area (Å²) in [6.45, 7) is 1.86. The maximum Gasteiger partial charge on any atom is 0.208 e. The molecule has 0 atom stereocenters. The van der Waals surface area contributed by atoms with Crippen molar-refractivity contribution in [1.29, 1.82) is 0 Å². The second-order valence-corrected chi connectivity index (χ2v) is 8.42. The molecule has 1 fully saturated rings. The molecule has 33 heavy (non-hydrogen) atoms. The van der Waals surface area contributed by atoms with E-state index in [-0.39, 0.29) is 6.29 Å². The van der Waals surface area contributed by atoms with Gasteiger partial charge >= 0.3 is 0 Å². The molecule has 6 rings (SSSR count). The van der Waals surface area contributed by atoms with Crippen LogP contribution in [0, 0.1) is 0 Å². The topological polar surface area (TPSA) is 48.7 Å². The third-order valence-electron chi connectivity index (χ3n) is 5.75. The molecule has 5 nitrogen and oxygen atoms in total. The Morgan fingerprint density at radius 3 is 2.09 bits per heavy atom. The number of rotatable bonds is 4. The maximum atomic E-state index is 6.10. The lowest BCUT2D eigenvalue weighted by atomic mass is 10.0. The van der Waals surface area contributed by atoms with Gasteiger partial charge in [0.15, 0.2) is 11.9 Å². The second kappa shape index (κ2) is 8.12.